The maximum absolute atomic E-state index is 13.2. The van der Waals surface area contributed by atoms with Gasteiger partial charge in [-0.3, -0.25) is 9.69 Å². The molecule has 1 aromatic carbocycles. The maximum Gasteiger partial charge on any atom is 0.237 e. The zero-order valence-electron chi connectivity index (χ0n) is 15.1. The minimum Gasteiger partial charge on any atom is -0.329 e. The number of carbonyl (C=O) groups is 1. The van der Waals surface area contributed by atoms with Gasteiger partial charge in [0.25, 0.3) is 0 Å². The normalized spacial score (nSPS) is 16.6. The molecule has 1 aliphatic rings. The first-order valence-electron chi connectivity index (χ1n) is 8.94. The van der Waals surface area contributed by atoms with Crippen LogP contribution in [0.5, 0.6) is 0 Å². The van der Waals surface area contributed by atoms with Gasteiger partial charge in [0.1, 0.15) is 0 Å². The molecule has 1 amide bonds. The molecular formula is C21H21BrN2OS2. The van der Waals surface area contributed by atoms with Crippen LogP contribution in [0.15, 0.2) is 57.7 Å². The van der Waals surface area contributed by atoms with E-state index in [1.54, 1.807) is 11.3 Å². The summed E-state index contributed by atoms with van der Waals surface area (Å²) in [5, 5.41) is 4.25. The van der Waals surface area contributed by atoms with Crippen molar-refractivity contribution < 1.29 is 4.79 Å². The van der Waals surface area contributed by atoms with Gasteiger partial charge < -0.3 is 4.90 Å². The highest BCUT2D eigenvalue weighted by Crippen LogP contribution is 2.39. The average Bonchev–Trinajstić information content (AvgIpc) is 3.34. The van der Waals surface area contributed by atoms with E-state index < -0.39 is 0 Å². The molecule has 0 saturated carbocycles. The zero-order valence-corrected chi connectivity index (χ0v) is 18.3. The lowest BCUT2D eigenvalue weighted by molar-refractivity contribution is -0.134. The quantitative estimate of drug-likeness (QED) is 0.523. The summed E-state index contributed by atoms with van der Waals surface area (Å²) in [7, 11) is 2.01. The molecule has 1 unspecified atom stereocenters. The van der Waals surface area contributed by atoms with Crippen LogP contribution in [0, 0.1) is 0 Å². The fourth-order valence-corrected chi connectivity index (χ4v) is 5.64. The van der Waals surface area contributed by atoms with Crippen LogP contribution in [-0.4, -0.2) is 35.8 Å². The molecule has 2 aromatic heterocycles. The summed E-state index contributed by atoms with van der Waals surface area (Å²) in [5.74, 6) is 0.199. The first-order valence-corrected chi connectivity index (χ1v) is 11.5. The fourth-order valence-electron chi connectivity index (χ4n) is 3.62. The molecule has 4 rings (SSSR count). The Morgan fingerprint density at radius 1 is 1.19 bits per heavy atom. The summed E-state index contributed by atoms with van der Waals surface area (Å²) >= 11 is 7.01. The Bertz CT molecular complexity index is 905. The van der Waals surface area contributed by atoms with Gasteiger partial charge in [0.2, 0.25) is 5.91 Å². The molecule has 0 saturated heterocycles. The summed E-state index contributed by atoms with van der Waals surface area (Å²) in [5.41, 5.74) is 2.51. The summed E-state index contributed by atoms with van der Waals surface area (Å²) in [4.78, 5) is 20.0. The number of fused-ring (bicyclic) bond motifs is 1. The molecular weight excluding hydrogens is 440 g/mol. The molecule has 0 spiro atoms. The van der Waals surface area contributed by atoms with Gasteiger partial charge in [0, 0.05) is 27.3 Å². The molecule has 0 fully saturated rings. The smallest absolute Gasteiger partial charge is 0.237 e. The second-order valence-corrected chi connectivity index (χ2v) is 9.75. The number of hydrogen-bond acceptors (Lipinski definition) is 4. The van der Waals surface area contributed by atoms with Crippen molar-refractivity contribution in [3.8, 4) is 0 Å². The number of amides is 1. The van der Waals surface area contributed by atoms with E-state index in [0.717, 1.165) is 24.0 Å². The number of halogens is 1. The van der Waals surface area contributed by atoms with Gasteiger partial charge in [-0.1, -0.05) is 34.1 Å². The second-order valence-electron chi connectivity index (χ2n) is 6.85. The molecule has 0 bridgehead atoms. The average molecular weight is 461 g/mol. The van der Waals surface area contributed by atoms with Crippen molar-refractivity contribution in [1.82, 2.24) is 9.80 Å². The van der Waals surface area contributed by atoms with Gasteiger partial charge in [0.05, 0.1) is 12.6 Å². The van der Waals surface area contributed by atoms with Gasteiger partial charge in [-0.15, -0.1) is 22.7 Å². The molecule has 27 heavy (non-hydrogen) atoms. The highest BCUT2D eigenvalue weighted by molar-refractivity contribution is 9.10. The number of benzene rings is 1. The van der Waals surface area contributed by atoms with Gasteiger partial charge in [-0.2, -0.15) is 0 Å². The summed E-state index contributed by atoms with van der Waals surface area (Å²) in [6, 6.07) is 14.7. The Hall–Kier alpha value is -1.47. The maximum atomic E-state index is 13.2. The molecule has 3 heterocycles. The van der Waals surface area contributed by atoms with Crippen LogP contribution in [0.25, 0.3) is 0 Å². The number of carbonyl (C=O) groups excluding carboxylic acids is 1. The van der Waals surface area contributed by atoms with E-state index in [1.807, 2.05) is 30.5 Å². The Kier molecular flexibility index (Phi) is 5.78. The number of hydrogen-bond donors (Lipinski definition) is 0. The zero-order chi connectivity index (χ0) is 18.8. The van der Waals surface area contributed by atoms with Crippen LogP contribution in [0.4, 0.5) is 0 Å². The van der Waals surface area contributed by atoms with Crippen molar-refractivity contribution in [2.75, 3.05) is 20.1 Å². The van der Waals surface area contributed by atoms with Crippen molar-refractivity contribution >= 4 is 44.5 Å². The van der Waals surface area contributed by atoms with Crippen molar-refractivity contribution in [2.45, 2.75) is 19.0 Å². The van der Waals surface area contributed by atoms with Gasteiger partial charge in [0.15, 0.2) is 0 Å². The van der Waals surface area contributed by atoms with Crippen LogP contribution in [0.3, 0.4) is 0 Å². The van der Waals surface area contributed by atoms with Gasteiger partial charge >= 0.3 is 0 Å². The first kappa shape index (κ1) is 18.9. The number of likely N-dealkylation sites (N-methyl/N-ethyl adjacent to an activating group) is 1. The third-order valence-electron chi connectivity index (χ3n) is 4.87. The third kappa shape index (κ3) is 4.19. The van der Waals surface area contributed by atoms with E-state index >= 15 is 0 Å². The molecule has 3 nitrogen and oxygen atoms in total. The topological polar surface area (TPSA) is 23.6 Å². The minimum absolute atomic E-state index is 0.0635. The van der Waals surface area contributed by atoms with E-state index in [4.69, 9.17) is 0 Å². The molecule has 1 aliphatic heterocycles. The van der Waals surface area contributed by atoms with E-state index in [9.17, 15) is 4.79 Å². The van der Waals surface area contributed by atoms with E-state index in [1.165, 1.54) is 20.9 Å². The summed E-state index contributed by atoms with van der Waals surface area (Å²) < 4.78 is 1.07. The molecule has 140 valence electrons. The Morgan fingerprint density at radius 2 is 2.00 bits per heavy atom. The molecule has 6 heteroatoms. The van der Waals surface area contributed by atoms with Crippen LogP contribution in [0.2, 0.25) is 0 Å². The SMILES string of the molecule is CN(CC(=O)N1CCc2sccc2C1c1cccs1)Cc1ccc(Br)cc1. The Morgan fingerprint density at radius 3 is 2.74 bits per heavy atom. The van der Waals surface area contributed by atoms with Crippen molar-refractivity contribution in [1.29, 1.82) is 0 Å². The summed E-state index contributed by atoms with van der Waals surface area (Å²) in [6.45, 7) is 1.98. The molecule has 0 N–H and O–H groups in total. The number of thiophene rings is 2. The van der Waals surface area contributed by atoms with Crippen LogP contribution >= 0.6 is 38.6 Å². The minimum atomic E-state index is 0.0635. The predicted molar refractivity (Wildman–Crippen MR) is 116 cm³/mol. The lowest BCUT2D eigenvalue weighted by atomic mass is 9.98. The largest absolute Gasteiger partial charge is 0.329 e. The van der Waals surface area contributed by atoms with E-state index in [0.29, 0.717) is 6.54 Å². The lowest BCUT2D eigenvalue weighted by Crippen LogP contribution is -2.44. The molecule has 0 radical (unpaired) electrons. The highest BCUT2D eigenvalue weighted by Gasteiger charge is 2.33. The number of nitrogens with zero attached hydrogens (tertiary/aromatic N) is 2. The van der Waals surface area contributed by atoms with Crippen molar-refractivity contribution in [3.05, 3.63) is 78.6 Å². The van der Waals surface area contributed by atoms with Crippen LogP contribution in [0.1, 0.15) is 26.9 Å². The number of rotatable bonds is 5. The third-order valence-corrected chi connectivity index (χ3v) is 7.32. The Labute approximate surface area is 176 Å². The van der Waals surface area contributed by atoms with Gasteiger partial charge in [-0.25, -0.2) is 0 Å². The van der Waals surface area contributed by atoms with Gasteiger partial charge in [-0.05, 0) is 59.6 Å². The van der Waals surface area contributed by atoms with Crippen molar-refractivity contribution in [2.24, 2.45) is 0 Å². The fraction of sp³-hybridized carbons (Fsp3) is 0.286. The highest BCUT2D eigenvalue weighted by atomic mass is 79.9. The van der Waals surface area contributed by atoms with E-state index in [2.05, 4.69) is 66.8 Å². The summed E-state index contributed by atoms with van der Waals surface area (Å²) in [6.07, 6.45) is 0.955. The predicted octanol–water partition coefficient (Wildman–Crippen LogP) is 5.18. The first-order chi connectivity index (χ1) is 13.1. The standard InChI is InChI=1S/C21H21BrN2OS2/c1-23(13-15-4-6-16(22)7-5-15)14-20(25)24-10-8-18-17(9-12-27-18)21(24)19-3-2-11-26-19/h2-7,9,11-12,21H,8,10,13-14H2,1H3. The van der Waals surface area contributed by atoms with Crippen LogP contribution < -0.4 is 0 Å². The van der Waals surface area contributed by atoms with Crippen molar-refractivity contribution in [3.63, 3.8) is 0 Å². The van der Waals surface area contributed by atoms with Crippen LogP contribution in [-0.2, 0) is 17.8 Å². The van der Waals surface area contributed by atoms with E-state index in [-0.39, 0.29) is 11.9 Å². The molecule has 0 aliphatic carbocycles. The monoisotopic (exact) mass is 460 g/mol. The lowest BCUT2D eigenvalue weighted by Gasteiger charge is -2.36. The molecule has 1 atom stereocenters. The Balaban J connectivity index is 1.49. The molecule has 3 aromatic rings. The second kappa shape index (κ2) is 8.27.